The van der Waals surface area contributed by atoms with Crippen LogP contribution in [0.5, 0.6) is 0 Å². The van der Waals surface area contributed by atoms with Crippen molar-refractivity contribution in [3.05, 3.63) is 58.7 Å². The van der Waals surface area contributed by atoms with E-state index in [9.17, 15) is 9.59 Å². The summed E-state index contributed by atoms with van der Waals surface area (Å²) in [7, 11) is 0. The first-order chi connectivity index (χ1) is 14.0. The number of rotatable bonds is 6. The Balaban J connectivity index is 1.51. The van der Waals surface area contributed by atoms with Crippen molar-refractivity contribution in [1.82, 2.24) is 5.32 Å². The van der Waals surface area contributed by atoms with Gasteiger partial charge in [-0.05, 0) is 80.0 Å². The number of amides is 2. The number of nitrogens with one attached hydrogen (secondary N) is 2. The van der Waals surface area contributed by atoms with E-state index in [4.69, 9.17) is 0 Å². The van der Waals surface area contributed by atoms with Crippen molar-refractivity contribution in [3.8, 4) is 0 Å². The molecule has 2 N–H and O–H groups in total. The van der Waals surface area contributed by atoms with E-state index >= 15 is 0 Å². The molecule has 2 aromatic rings. The van der Waals surface area contributed by atoms with Crippen LogP contribution in [0.15, 0.2) is 36.4 Å². The number of anilines is 2. The van der Waals surface area contributed by atoms with Gasteiger partial charge in [0.05, 0.1) is 0 Å². The van der Waals surface area contributed by atoms with Crippen LogP contribution in [-0.4, -0.2) is 31.4 Å². The van der Waals surface area contributed by atoms with Crippen molar-refractivity contribution >= 4 is 23.2 Å². The zero-order valence-corrected chi connectivity index (χ0v) is 17.7. The van der Waals surface area contributed by atoms with Crippen LogP contribution < -0.4 is 15.5 Å². The molecule has 0 aromatic heterocycles. The van der Waals surface area contributed by atoms with E-state index in [1.54, 1.807) is 0 Å². The Morgan fingerprint density at radius 2 is 1.86 bits per heavy atom. The molecular formula is C24H31N3O2. The summed E-state index contributed by atoms with van der Waals surface area (Å²) in [5.74, 6) is -1.23. The summed E-state index contributed by atoms with van der Waals surface area (Å²) in [4.78, 5) is 26.7. The lowest BCUT2D eigenvalue weighted by atomic mass is 9.98. The van der Waals surface area contributed by atoms with E-state index in [0.717, 1.165) is 37.1 Å². The number of nitrogens with zero attached hydrogens (tertiary/aromatic N) is 1. The third kappa shape index (κ3) is 5.37. The average molecular weight is 394 g/mol. The third-order valence-corrected chi connectivity index (χ3v) is 5.52. The van der Waals surface area contributed by atoms with Crippen molar-refractivity contribution < 1.29 is 9.59 Å². The van der Waals surface area contributed by atoms with Crippen molar-refractivity contribution in [1.29, 1.82) is 0 Å². The Morgan fingerprint density at radius 1 is 1.03 bits per heavy atom. The number of benzene rings is 2. The number of hydrogen-bond donors (Lipinski definition) is 2. The van der Waals surface area contributed by atoms with Crippen LogP contribution in [0.2, 0.25) is 0 Å². The van der Waals surface area contributed by atoms with E-state index in [-0.39, 0.29) is 0 Å². The van der Waals surface area contributed by atoms with Gasteiger partial charge in [-0.1, -0.05) is 25.1 Å². The number of carbonyl (C=O) groups is 2. The normalized spacial score (nSPS) is 13.0. The maximum Gasteiger partial charge on any atom is 0.313 e. The summed E-state index contributed by atoms with van der Waals surface area (Å²) in [6.07, 6.45) is 4.15. The molecule has 0 spiro atoms. The van der Waals surface area contributed by atoms with E-state index in [1.165, 1.54) is 23.2 Å². The molecule has 5 heteroatoms. The van der Waals surface area contributed by atoms with Crippen LogP contribution in [0.4, 0.5) is 11.4 Å². The first-order valence-corrected chi connectivity index (χ1v) is 10.5. The summed E-state index contributed by atoms with van der Waals surface area (Å²) in [5, 5.41) is 5.38. The molecule has 0 aliphatic carbocycles. The smallest absolute Gasteiger partial charge is 0.313 e. The molecule has 0 saturated carbocycles. The first kappa shape index (κ1) is 20.9. The molecule has 0 radical (unpaired) electrons. The lowest BCUT2D eigenvalue weighted by Crippen LogP contribution is -2.36. The standard InChI is InChI=1S/C24H31N3O2/c1-4-13-27-14-5-6-20-16-19(8-10-22(20)27)11-12-25-23(28)24(29)26-21-9-7-17(2)18(3)15-21/h7-10,15-16H,4-6,11-14H2,1-3H3,(H,25,28)(H,26,29). The SMILES string of the molecule is CCCN1CCCc2cc(CCNC(=O)C(=O)Nc3ccc(C)c(C)c3)ccc21. The minimum absolute atomic E-state index is 0.441. The molecule has 5 nitrogen and oxygen atoms in total. The number of hydrogen-bond acceptors (Lipinski definition) is 3. The predicted octanol–water partition coefficient (Wildman–Crippen LogP) is 3.76. The quantitative estimate of drug-likeness (QED) is 0.735. The van der Waals surface area contributed by atoms with Gasteiger partial charge in [0.2, 0.25) is 0 Å². The maximum atomic E-state index is 12.1. The summed E-state index contributed by atoms with van der Waals surface area (Å²) >= 11 is 0. The zero-order chi connectivity index (χ0) is 20.8. The van der Waals surface area contributed by atoms with Crippen LogP contribution >= 0.6 is 0 Å². The lowest BCUT2D eigenvalue weighted by molar-refractivity contribution is -0.136. The Labute approximate surface area is 173 Å². The van der Waals surface area contributed by atoms with Gasteiger partial charge in [-0.3, -0.25) is 9.59 Å². The second-order valence-electron chi connectivity index (χ2n) is 7.81. The molecule has 0 atom stereocenters. The fraction of sp³-hybridized carbons (Fsp3) is 0.417. The molecule has 1 heterocycles. The molecule has 29 heavy (non-hydrogen) atoms. The second kappa shape index (κ2) is 9.59. The molecule has 1 aliphatic rings. The van der Waals surface area contributed by atoms with Gasteiger partial charge in [-0.15, -0.1) is 0 Å². The van der Waals surface area contributed by atoms with Gasteiger partial charge >= 0.3 is 11.8 Å². The van der Waals surface area contributed by atoms with Crippen molar-refractivity contribution in [2.24, 2.45) is 0 Å². The van der Waals surface area contributed by atoms with Gasteiger partial charge in [0.1, 0.15) is 0 Å². The highest BCUT2D eigenvalue weighted by Crippen LogP contribution is 2.28. The molecule has 0 saturated heterocycles. The van der Waals surface area contributed by atoms with Crippen LogP contribution in [0.25, 0.3) is 0 Å². The molecule has 154 valence electrons. The van der Waals surface area contributed by atoms with Crippen LogP contribution in [0, 0.1) is 13.8 Å². The fourth-order valence-corrected chi connectivity index (χ4v) is 3.79. The van der Waals surface area contributed by atoms with E-state index in [1.807, 2.05) is 32.0 Å². The van der Waals surface area contributed by atoms with Crippen LogP contribution in [0.1, 0.15) is 42.0 Å². The zero-order valence-electron chi connectivity index (χ0n) is 17.7. The molecule has 2 amide bonds. The predicted molar refractivity (Wildman–Crippen MR) is 119 cm³/mol. The van der Waals surface area contributed by atoms with Crippen molar-refractivity contribution in [3.63, 3.8) is 0 Å². The number of fused-ring (bicyclic) bond motifs is 1. The highest BCUT2D eigenvalue weighted by atomic mass is 16.2. The van der Waals surface area contributed by atoms with Crippen molar-refractivity contribution in [2.75, 3.05) is 29.9 Å². The third-order valence-electron chi connectivity index (χ3n) is 5.52. The average Bonchev–Trinajstić information content (AvgIpc) is 2.71. The van der Waals surface area contributed by atoms with Gasteiger partial charge in [0, 0.05) is 31.0 Å². The molecule has 0 unspecified atom stereocenters. The summed E-state index contributed by atoms with van der Waals surface area (Å²) in [5.41, 5.74) is 6.79. The molecule has 2 aromatic carbocycles. The summed E-state index contributed by atoms with van der Waals surface area (Å²) < 4.78 is 0. The molecular weight excluding hydrogens is 362 g/mol. The van der Waals surface area contributed by atoms with Gasteiger partial charge < -0.3 is 15.5 Å². The Hall–Kier alpha value is -2.82. The van der Waals surface area contributed by atoms with Crippen LogP contribution in [0.3, 0.4) is 0 Å². The molecule has 3 rings (SSSR count). The first-order valence-electron chi connectivity index (χ1n) is 10.5. The van der Waals surface area contributed by atoms with E-state index in [2.05, 4.69) is 40.7 Å². The number of carbonyl (C=O) groups excluding carboxylic acids is 2. The lowest BCUT2D eigenvalue weighted by Gasteiger charge is -2.31. The highest BCUT2D eigenvalue weighted by Gasteiger charge is 2.17. The Kier molecular flexibility index (Phi) is 6.91. The number of aryl methyl sites for hydroxylation is 3. The minimum Gasteiger partial charge on any atom is -0.371 e. The van der Waals surface area contributed by atoms with E-state index in [0.29, 0.717) is 18.7 Å². The van der Waals surface area contributed by atoms with Crippen LogP contribution in [-0.2, 0) is 22.4 Å². The largest absolute Gasteiger partial charge is 0.371 e. The molecule has 1 aliphatic heterocycles. The second-order valence-corrected chi connectivity index (χ2v) is 7.81. The van der Waals surface area contributed by atoms with Gasteiger partial charge in [-0.25, -0.2) is 0 Å². The highest BCUT2D eigenvalue weighted by molar-refractivity contribution is 6.39. The van der Waals surface area contributed by atoms with E-state index < -0.39 is 11.8 Å². The van der Waals surface area contributed by atoms with Gasteiger partial charge in [0.15, 0.2) is 0 Å². The summed E-state index contributed by atoms with van der Waals surface area (Å²) in [6.45, 7) is 8.86. The van der Waals surface area contributed by atoms with Gasteiger partial charge in [0.25, 0.3) is 0 Å². The Morgan fingerprint density at radius 3 is 2.62 bits per heavy atom. The molecule has 0 bridgehead atoms. The van der Waals surface area contributed by atoms with Gasteiger partial charge in [-0.2, -0.15) is 0 Å². The minimum atomic E-state index is -0.631. The molecule has 0 fully saturated rings. The maximum absolute atomic E-state index is 12.1. The van der Waals surface area contributed by atoms with Crippen molar-refractivity contribution in [2.45, 2.75) is 46.5 Å². The fourth-order valence-electron chi connectivity index (χ4n) is 3.79. The summed E-state index contributed by atoms with van der Waals surface area (Å²) in [6, 6.07) is 12.2. The Bertz CT molecular complexity index is 892. The topological polar surface area (TPSA) is 61.4 Å². The monoisotopic (exact) mass is 393 g/mol.